The Labute approximate surface area is 133 Å². The van der Waals surface area contributed by atoms with Crippen LogP contribution in [-0.4, -0.2) is 23.7 Å². The minimum absolute atomic E-state index is 0.0903. The first-order chi connectivity index (χ1) is 11.1. The van der Waals surface area contributed by atoms with E-state index in [4.69, 9.17) is 4.42 Å². The van der Waals surface area contributed by atoms with E-state index in [1.807, 2.05) is 18.2 Å². The maximum absolute atomic E-state index is 12.2. The third-order valence-electron chi connectivity index (χ3n) is 3.35. The number of amidine groups is 1. The number of anilines is 1. The number of rotatable bonds is 4. The third-order valence-corrected chi connectivity index (χ3v) is 3.35. The highest BCUT2D eigenvalue weighted by Crippen LogP contribution is 2.15. The number of amides is 2. The topological polar surface area (TPSA) is 86.9 Å². The summed E-state index contributed by atoms with van der Waals surface area (Å²) in [6, 6.07) is 11.9. The van der Waals surface area contributed by atoms with Crippen LogP contribution >= 0.6 is 0 Å². The standard InChI is InChI=1S/C16H16N4O3/c1-11-16(22)20(12-6-3-2-4-7-12)19-14(18-11)15(21)17-10-13-8-5-9-23-13/h2-9,11H,10H2,1H3,(H,17,21)(H,18,19)/t11-/m0/s1. The molecular formula is C16H16N4O3. The number of nitrogens with zero attached hydrogens (tertiary/aromatic N) is 2. The van der Waals surface area contributed by atoms with Gasteiger partial charge in [0.05, 0.1) is 18.5 Å². The number of carbonyl (C=O) groups excluding carboxylic acids is 2. The molecule has 0 radical (unpaired) electrons. The molecule has 7 nitrogen and oxygen atoms in total. The normalized spacial score (nSPS) is 17.4. The largest absolute Gasteiger partial charge is 0.467 e. The fraction of sp³-hybridized carbons (Fsp3) is 0.188. The zero-order valence-corrected chi connectivity index (χ0v) is 12.5. The summed E-state index contributed by atoms with van der Waals surface area (Å²) in [4.78, 5) is 28.6. The van der Waals surface area contributed by atoms with E-state index in [-0.39, 0.29) is 18.3 Å². The van der Waals surface area contributed by atoms with Crippen molar-refractivity contribution >= 4 is 23.3 Å². The molecule has 0 aliphatic carbocycles. The lowest BCUT2D eigenvalue weighted by Crippen LogP contribution is -2.57. The van der Waals surface area contributed by atoms with E-state index in [1.54, 1.807) is 31.2 Å². The molecule has 2 heterocycles. The Morgan fingerprint density at radius 3 is 2.78 bits per heavy atom. The molecular weight excluding hydrogens is 296 g/mol. The van der Waals surface area contributed by atoms with Crippen molar-refractivity contribution in [2.24, 2.45) is 4.99 Å². The van der Waals surface area contributed by atoms with Crippen LogP contribution in [0.4, 0.5) is 5.69 Å². The number of hydrogen-bond donors (Lipinski definition) is 2. The number of hydrogen-bond acceptors (Lipinski definition) is 5. The second kappa shape index (κ2) is 6.35. The van der Waals surface area contributed by atoms with Crippen LogP contribution < -0.4 is 15.8 Å². The van der Waals surface area contributed by atoms with Crippen molar-refractivity contribution in [3.63, 3.8) is 0 Å². The summed E-state index contributed by atoms with van der Waals surface area (Å²) in [5.74, 6) is 0.103. The summed E-state index contributed by atoms with van der Waals surface area (Å²) in [5.41, 5.74) is 3.42. The summed E-state index contributed by atoms with van der Waals surface area (Å²) in [7, 11) is 0. The van der Waals surface area contributed by atoms with Gasteiger partial charge in [0.15, 0.2) is 0 Å². The van der Waals surface area contributed by atoms with Gasteiger partial charge in [-0.2, -0.15) is 0 Å². The van der Waals surface area contributed by atoms with Crippen LogP contribution in [0.2, 0.25) is 0 Å². The number of nitrogens with one attached hydrogen (secondary N) is 2. The van der Waals surface area contributed by atoms with E-state index in [0.29, 0.717) is 11.4 Å². The molecule has 2 N–H and O–H groups in total. The molecule has 1 aromatic heterocycles. The molecule has 2 amide bonds. The average Bonchev–Trinajstić information content (AvgIpc) is 3.09. The van der Waals surface area contributed by atoms with Crippen LogP contribution in [0.15, 0.2) is 58.1 Å². The summed E-state index contributed by atoms with van der Waals surface area (Å²) < 4.78 is 5.16. The number of aliphatic imine (C=N–C) groups is 1. The van der Waals surface area contributed by atoms with Gasteiger partial charge >= 0.3 is 0 Å². The Balaban J connectivity index is 1.73. The van der Waals surface area contributed by atoms with Crippen LogP contribution in [0.25, 0.3) is 0 Å². The van der Waals surface area contributed by atoms with Gasteiger partial charge in [0.25, 0.3) is 11.8 Å². The van der Waals surface area contributed by atoms with Crippen LogP contribution in [0.5, 0.6) is 0 Å². The van der Waals surface area contributed by atoms with Gasteiger partial charge in [-0.05, 0) is 31.2 Å². The van der Waals surface area contributed by atoms with Crippen LogP contribution in [-0.2, 0) is 16.1 Å². The molecule has 0 fully saturated rings. The summed E-state index contributed by atoms with van der Waals surface area (Å²) in [6.07, 6.45) is 1.54. The molecule has 1 aliphatic heterocycles. The highest BCUT2D eigenvalue weighted by Gasteiger charge is 2.30. The van der Waals surface area contributed by atoms with Crippen molar-refractivity contribution in [1.82, 2.24) is 10.7 Å². The Bertz CT molecular complexity index is 725. The molecule has 0 unspecified atom stereocenters. The molecule has 2 aromatic rings. The molecule has 0 saturated carbocycles. The molecule has 1 atom stereocenters. The number of para-hydroxylation sites is 1. The van der Waals surface area contributed by atoms with Gasteiger partial charge in [0.2, 0.25) is 5.84 Å². The van der Waals surface area contributed by atoms with Crippen molar-refractivity contribution in [2.45, 2.75) is 19.5 Å². The second-order valence-corrected chi connectivity index (χ2v) is 5.04. The predicted octanol–water partition coefficient (Wildman–Crippen LogP) is 1.23. The third kappa shape index (κ3) is 3.23. The predicted molar refractivity (Wildman–Crippen MR) is 84.5 cm³/mol. The first-order valence-corrected chi connectivity index (χ1v) is 7.19. The first-order valence-electron chi connectivity index (χ1n) is 7.19. The van der Waals surface area contributed by atoms with E-state index >= 15 is 0 Å². The van der Waals surface area contributed by atoms with Gasteiger partial charge in [-0.3, -0.25) is 15.0 Å². The monoisotopic (exact) mass is 312 g/mol. The van der Waals surface area contributed by atoms with Gasteiger partial charge in [-0.1, -0.05) is 18.2 Å². The molecule has 7 heteroatoms. The highest BCUT2D eigenvalue weighted by molar-refractivity contribution is 6.39. The number of carbonyl (C=O) groups is 2. The molecule has 3 rings (SSSR count). The molecule has 0 spiro atoms. The highest BCUT2D eigenvalue weighted by atomic mass is 16.3. The fourth-order valence-electron chi connectivity index (χ4n) is 2.17. The molecule has 0 bridgehead atoms. The number of hydrazine groups is 1. The molecule has 23 heavy (non-hydrogen) atoms. The van der Waals surface area contributed by atoms with Crippen LogP contribution in [0.3, 0.4) is 0 Å². The molecule has 1 aliphatic rings. The Hall–Kier alpha value is -3.09. The maximum atomic E-state index is 12.2. The number of benzene rings is 1. The van der Waals surface area contributed by atoms with Crippen LogP contribution in [0.1, 0.15) is 12.7 Å². The first kappa shape index (κ1) is 14.8. The van der Waals surface area contributed by atoms with Gasteiger partial charge in [-0.15, -0.1) is 0 Å². The van der Waals surface area contributed by atoms with E-state index in [2.05, 4.69) is 15.7 Å². The van der Waals surface area contributed by atoms with Gasteiger partial charge < -0.3 is 9.73 Å². The number of furan rings is 1. The zero-order chi connectivity index (χ0) is 16.2. The summed E-state index contributed by atoms with van der Waals surface area (Å²) in [5, 5.41) is 4.03. The quantitative estimate of drug-likeness (QED) is 0.889. The molecule has 0 saturated heterocycles. The SMILES string of the molecule is C[C@@H]1N=C(C(=O)NCc2ccco2)NN(c2ccccc2)C1=O. The lowest BCUT2D eigenvalue weighted by molar-refractivity contribution is -0.120. The zero-order valence-electron chi connectivity index (χ0n) is 12.5. The van der Waals surface area contributed by atoms with Crippen molar-refractivity contribution in [2.75, 3.05) is 5.01 Å². The Morgan fingerprint density at radius 2 is 2.09 bits per heavy atom. The van der Waals surface area contributed by atoms with E-state index < -0.39 is 11.9 Å². The lowest BCUT2D eigenvalue weighted by Gasteiger charge is -2.30. The van der Waals surface area contributed by atoms with Crippen LogP contribution in [0, 0.1) is 0 Å². The van der Waals surface area contributed by atoms with Gasteiger partial charge in [-0.25, -0.2) is 10.0 Å². The van der Waals surface area contributed by atoms with Crippen molar-refractivity contribution in [3.05, 3.63) is 54.5 Å². The minimum atomic E-state index is -0.638. The van der Waals surface area contributed by atoms with Crippen molar-refractivity contribution in [3.8, 4) is 0 Å². The fourth-order valence-corrected chi connectivity index (χ4v) is 2.17. The van der Waals surface area contributed by atoms with Gasteiger partial charge in [0, 0.05) is 0 Å². The average molecular weight is 312 g/mol. The summed E-state index contributed by atoms with van der Waals surface area (Å²) in [6.45, 7) is 1.90. The summed E-state index contributed by atoms with van der Waals surface area (Å²) >= 11 is 0. The Morgan fingerprint density at radius 1 is 1.30 bits per heavy atom. The maximum Gasteiger partial charge on any atom is 0.288 e. The Kier molecular flexibility index (Phi) is 4.09. The van der Waals surface area contributed by atoms with E-state index in [1.165, 1.54) is 11.3 Å². The second-order valence-electron chi connectivity index (χ2n) is 5.04. The minimum Gasteiger partial charge on any atom is -0.467 e. The van der Waals surface area contributed by atoms with E-state index in [9.17, 15) is 9.59 Å². The van der Waals surface area contributed by atoms with Crippen molar-refractivity contribution in [1.29, 1.82) is 0 Å². The lowest BCUT2D eigenvalue weighted by atomic mass is 10.2. The van der Waals surface area contributed by atoms with Crippen molar-refractivity contribution < 1.29 is 14.0 Å². The smallest absolute Gasteiger partial charge is 0.288 e. The molecule has 1 aromatic carbocycles. The molecule has 118 valence electrons. The van der Waals surface area contributed by atoms with Gasteiger partial charge in [0.1, 0.15) is 11.8 Å². The van der Waals surface area contributed by atoms with E-state index in [0.717, 1.165) is 0 Å².